The van der Waals surface area contributed by atoms with Gasteiger partial charge in [0, 0.05) is 17.3 Å². The fourth-order valence-corrected chi connectivity index (χ4v) is 6.29. The number of hydrogen-bond acceptors (Lipinski definition) is 2. The Bertz CT molecular complexity index is 546. The summed E-state index contributed by atoms with van der Waals surface area (Å²) < 4.78 is 0. The van der Waals surface area contributed by atoms with Crippen molar-refractivity contribution in [2.45, 2.75) is 52.4 Å². The zero-order valence-electron chi connectivity index (χ0n) is 13.1. The highest BCUT2D eigenvalue weighted by molar-refractivity contribution is 5.87. The smallest absolute Gasteiger partial charge is 0.139 e. The molecule has 2 nitrogen and oxygen atoms in total. The number of Topliss-reactive ketones (excluding diaryl/α,β-unsaturated/α-hetero) is 1. The van der Waals surface area contributed by atoms with Gasteiger partial charge in [0.1, 0.15) is 5.78 Å². The van der Waals surface area contributed by atoms with Gasteiger partial charge in [-0.25, -0.2) is 0 Å². The molecule has 0 radical (unpaired) electrons. The van der Waals surface area contributed by atoms with Crippen molar-refractivity contribution in [1.82, 2.24) is 0 Å². The summed E-state index contributed by atoms with van der Waals surface area (Å²) in [6.45, 7) is 4.48. The number of hydrogen-bond donors (Lipinski definition) is 1. The molecule has 0 heterocycles. The van der Waals surface area contributed by atoms with Crippen LogP contribution in [0.2, 0.25) is 0 Å². The molecule has 0 bridgehead atoms. The molecule has 0 aliphatic heterocycles. The molecule has 114 valence electrons. The third-order valence-corrected chi connectivity index (χ3v) is 7.65. The average molecular weight is 286 g/mol. The van der Waals surface area contributed by atoms with Gasteiger partial charge in [-0.3, -0.25) is 4.79 Å². The Kier molecular flexibility index (Phi) is 2.75. The lowest BCUT2D eigenvalue weighted by molar-refractivity contribution is -0.134. The van der Waals surface area contributed by atoms with Crippen molar-refractivity contribution < 1.29 is 9.90 Å². The number of rotatable bonds is 0. The second kappa shape index (κ2) is 4.24. The third kappa shape index (κ3) is 1.57. The van der Waals surface area contributed by atoms with Crippen molar-refractivity contribution in [3.05, 3.63) is 24.0 Å². The van der Waals surface area contributed by atoms with Crippen molar-refractivity contribution in [2.75, 3.05) is 0 Å². The molecular weight excluding hydrogens is 260 g/mol. The van der Waals surface area contributed by atoms with E-state index in [9.17, 15) is 9.90 Å². The monoisotopic (exact) mass is 286 g/mol. The molecule has 2 heteroatoms. The number of fused-ring (bicyclic) bond motifs is 5. The summed E-state index contributed by atoms with van der Waals surface area (Å²) in [5.74, 6) is 3.28. The Morgan fingerprint density at radius 2 is 1.95 bits per heavy atom. The largest absolute Gasteiger partial charge is 0.512 e. The topological polar surface area (TPSA) is 37.3 Å². The number of allylic oxidation sites excluding steroid dienone is 4. The molecule has 3 fully saturated rings. The highest BCUT2D eigenvalue weighted by Gasteiger charge is 2.60. The van der Waals surface area contributed by atoms with Crippen molar-refractivity contribution in [3.8, 4) is 0 Å². The molecule has 1 N–H and O–H groups in total. The van der Waals surface area contributed by atoms with Crippen LogP contribution in [-0.2, 0) is 4.79 Å². The summed E-state index contributed by atoms with van der Waals surface area (Å²) in [5, 5.41) is 10.6. The van der Waals surface area contributed by atoms with E-state index in [2.05, 4.69) is 19.9 Å². The second-order valence-electron chi connectivity index (χ2n) is 8.20. The minimum absolute atomic E-state index is 0.0613. The van der Waals surface area contributed by atoms with E-state index in [0.29, 0.717) is 35.2 Å². The van der Waals surface area contributed by atoms with E-state index in [1.54, 1.807) is 0 Å². The molecule has 0 amide bonds. The van der Waals surface area contributed by atoms with Gasteiger partial charge in [0.25, 0.3) is 0 Å². The molecule has 4 aliphatic rings. The van der Waals surface area contributed by atoms with E-state index in [1.807, 2.05) is 12.2 Å². The number of aliphatic hydroxyl groups is 1. The number of carbonyl (C=O) groups excluding carboxylic acids is 1. The maximum absolute atomic E-state index is 12.4. The predicted molar refractivity (Wildman–Crippen MR) is 82.7 cm³/mol. The van der Waals surface area contributed by atoms with Gasteiger partial charge in [-0.15, -0.1) is 0 Å². The van der Waals surface area contributed by atoms with Gasteiger partial charge in [0.2, 0.25) is 0 Å². The number of carbonyl (C=O) groups is 1. The molecule has 21 heavy (non-hydrogen) atoms. The summed E-state index contributed by atoms with van der Waals surface area (Å²) in [6, 6.07) is 0. The molecule has 0 aromatic rings. The van der Waals surface area contributed by atoms with Crippen LogP contribution < -0.4 is 0 Å². The molecule has 3 saturated carbocycles. The third-order valence-electron chi connectivity index (χ3n) is 7.65. The molecule has 0 spiro atoms. The van der Waals surface area contributed by atoms with Crippen LogP contribution in [0.5, 0.6) is 0 Å². The van der Waals surface area contributed by atoms with Crippen molar-refractivity contribution in [2.24, 2.45) is 34.5 Å². The Labute approximate surface area is 127 Å². The fraction of sp³-hybridized carbons (Fsp3) is 0.737. The van der Waals surface area contributed by atoms with E-state index in [0.717, 1.165) is 32.1 Å². The van der Waals surface area contributed by atoms with Crippen molar-refractivity contribution >= 4 is 5.78 Å². The summed E-state index contributed by atoms with van der Waals surface area (Å²) in [7, 11) is 0. The number of aliphatic hydroxyl groups excluding tert-OH is 1. The molecule has 4 aliphatic carbocycles. The fourth-order valence-electron chi connectivity index (χ4n) is 6.29. The average Bonchev–Trinajstić information content (AvgIpc) is 2.76. The first-order chi connectivity index (χ1) is 9.98. The SMILES string of the molecule is C[C@]12C(O)=CC=CC1CC[C@@H]1[C@@H]2CC[C@]2(C)C(=O)CC[C@@H]12. The molecule has 0 saturated heterocycles. The minimum Gasteiger partial charge on any atom is -0.512 e. The molecule has 1 unspecified atom stereocenters. The highest BCUT2D eigenvalue weighted by Crippen LogP contribution is 2.64. The number of ketones is 1. The predicted octanol–water partition coefficient (Wildman–Crippen LogP) is 4.43. The van der Waals surface area contributed by atoms with Gasteiger partial charge in [0.15, 0.2) is 0 Å². The van der Waals surface area contributed by atoms with E-state index >= 15 is 0 Å². The second-order valence-corrected chi connectivity index (χ2v) is 8.20. The van der Waals surface area contributed by atoms with Crippen LogP contribution in [0.25, 0.3) is 0 Å². The van der Waals surface area contributed by atoms with E-state index in [-0.39, 0.29) is 10.8 Å². The summed E-state index contributed by atoms with van der Waals surface area (Å²) >= 11 is 0. The van der Waals surface area contributed by atoms with Gasteiger partial charge in [-0.05, 0) is 61.9 Å². The van der Waals surface area contributed by atoms with Crippen LogP contribution in [0.4, 0.5) is 0 Å². The summed E-state index contributed by atoms with van der Waals surface area (Å²) in [5.41, 5.74) is -0.154. The van der Waals surface area contributed by atoms with Gasteiger partial charge in [0.05, 0.1) is 5.76 Å². The standard InChI is InChI=1S/C19H26O2/c1-18-11-10-15-13(14(18)8-9-16(18)20)7-6-12-4-3-5-17(21)19(12,15)2/h3-5,12-15,21H,6-11H2,1-2H3/t12?,13-,14-,15-,18-,19-/m0/s1. The zero-order valence-corrected chi connectivity index (χ0v) is 13.1. The quantitative estimate of drug-likeness (QED) is 0.715. The van der Waals surface area contributed by atoms with Crippen LogP contribution in [0, 0.1) is 34.5 Å². The lowest BCUT2D eigenvalue weighted by atomic mass is 9.47. The Morgan fingerprint density at radius 1 is 1.14 bits per heavy atom. The first-order valence-corrected chi connectivity index (χ1v) is 8.59. The van der Waals surface area contributed by atoms with Crippen LogP contribution in [0.15, 0.2) is 24.0 Å². The summed E-state index contributed by atoms with van der Waals surface area (Å²) in [6.07, 6.45) is 12.6. The Morgan fingerprint density at radius 3 is 2.76 bits per heavy atom. The van der Waals surface area contributed by atoms with Gasteiger partial charge >= 0.3 is 0 Å². The molecule has 0 aromatic carbocycles. The molecule has 0 aromatic heterocycles. The van der Waals surface area contributed by atoms with Gasteiger partial charge < -0.3 is 5.11 Å². The zero-order chi connectivity index (χ0) is 14.8. The van der Waals surface area contributed by atoms with Crippen LogP contribution in [0.3, 0.4) is 0 Å². The highest BCUT2D eigenvalue weighted by atomic mass is 16.3. The van der Waals surface area contributed by atoms with Crippen LogP contribution in [0.1, 0.15) is 52.4 Å². The lowest BCUT2D eigenvalue weighted by Crippen LogP contribution is -2.52. The Balaban J connectivity index is 1.73. The first-order valence-electron chi connectivity index (χ1n) is 8.59. The Hall–Kier alpha value is -1.05. The lowest BCUT2D eigenvalue weighted by Gasteiger charge is -2.57. The van der Waals surface area contributed by atoms with E-state index < -0.39 is 0 Å². The first kappa shape index (κ1) is 13.6. The van der Waals surface area contributed by atoms with Gasteiger partial charge in [-0.1, -0.05) is 26.0 Å². The van der Waals surface area contributed by atoms with Crippen LogP contribution >= 0.6 is 0 Å². The maximum Gasteiger partial charge on any atom is 0.139 e. The maximum atomic E-state index is 12.4. The molecule has 4 rings (SSSR count). The normalized spacial score (nSPS) is 51.9. The van der Waals surface area contributed by atoms with E-state index in [1.165, 1.54) is 6.42 Å². The van der Waals surface area contributed by atoms with Crippen LogP contribution in [-0.4, -0.2) is 10.9 Å². The van der Waals surface area contributed by atoms with Gasteiger partial charge in [-0.2, -0.15) is 0 Å². The van der Waals surface area contributed by atoms with E-state index in [4.69, 9.17) is 0 Å². The summed E-state index contributed by atoms with van der Waals surface area (Å²) in [4.78, 5) is 12.4. The minimum atomic E-state index is -0.0926. The van der Waals surface area contributed by atoms with Crippen molar-refractivity contribution in [3.63, 3.8) is 0 Å². The molecular formula is C19H26O2. The van der Waals surface area contributed by atoms with Crippen molar-refractivity contribution in [1.29, 1.82) is 0 Å². The molecule has 6 atom stereocenters.